The third-order valence-corrected chi connectivity index (χ3v) is 7.91. The third kappa shape index (κ3) is 2.32. The largest absolute Gasteiger partial charge is 0.299 e. The van der Waals surface area contributed by atoms with Gasteiger partial charge < -0.3 is 0 Å². The molecule has 0 bridgehead atoms. The molecule has 0 aromatic rings. The van der Waals surface area contributed by atoms with Crippen LogP contribution in [0.1, 0.15) is 58.8 Å². The molecule has 4 rings (SSSR count). The average molecular weight is 424 g/mol. The van der Waals surface area contributed by atoms with Gasteiger partial charge in [0.2, 0.25) is 0 Å². The summed E-state index contributed by atoms with van der Waals surface area (Å²) in [6.07, 6.45) is 8.61. The fourth-order valence-electron chi connectivity index (χ4n) is 5.91. The van der Waals surface area contributed by atoms with Crippen molar-refractivity contribution < 1.29 is 9.59 Å². The van der Waals surface area contributed by atoms with E-state index in [1.807, 2.05) is 6.08 Å². The minimum Gasteiger partial charge on any atom is -0.299 e. The normalized spacial score (nSPS) is 41.2. The van der Waals surface area contributed by atoms with E-state index in [0.29, 0.717) is 39.7 Å². The fraction of sp³-hybridized carbons (Fsp3) is 0.700. The highest BCUT2D eigenvalue weighted by atomic mass is 127. The Labute approximate surface area is 152 Å². The number of hydrogen-bond donors (Lipinski definition) is 0. The maximum Gasteiger partial charge on any atom is 0.156 e. The maximum absolute atomic E-state index is 12.6. The van der Waals surface area contributed by atoms with Crippen LogP contribution >= 0.6 is 22.6 Å². The molecule has 2 fully saturated rings. The number of halogens is 1. The molecule has 2 nitrogen and oxygen atoms in total. The SMILES string of the molecule is CC(I)[C@H]1C[C@]2(C)C(=O)CC[C@H]2[C@@H]2CCC3=CC(=O)CCC3=C21. The summed E-state index contributed by atoms with van der Waals surface area (Å²) in [5, 5.41) is 0. The quantitative estimate of drug-likeness (QED) is 0.447. The van der Waals surface area contributed by atoms with Crippen LogP contribution in [0.15, 0.2) is 22.8 Å². The molecule has 5 atom stereocenters. The molecule has 0 aromatic carbocycles. The van der Waals surface area contributed by atoms with Gasteiger partial charge in [0.1, 0.15) is 5.78 Å². The Kier molecular flexibility index (Phi) is 3.86. The first-order valence-corrected chi connectivity index (χ1v) is 10.3. The minimum absolute atomic E-state index is 0.0927. The first-order chi connectivity index (χ1) is 10.9. The zero-order valence-electron chi connectivity index (χ0n) is 14.0. The lowest BCUT2D eigenvalue weighted by atomic mass is 9.54. The van der Waals surface area contributed by atoms with Gasteiger partial charge in [-0.15, -0.1) is 0 Å². The van der Waals surface area contributed by atoms with E-state index in [0.717, 1.165) is 38.5 Å². The molecule has 4 aliphatic rings. The minimum atomic E-state index is -0.0927. The van der Waals surface area contributed by atoms with Crippen LogP contribution in [-0.4, -0.2) is 15.5 Å². The van der Waals surface area contributed by atoms with E-state index in [9.17, 15) is 9.59 Å². The van der Waals surface area contributed by atoms with Gasteiger partial charge in [0.05, 0.1) is 0 Å². The van der Waals surface area contributed by atoms with Gasteiger partial charge in [0.15, 0.2) is 5.78 Å². The highest BCUT2D eigenvalue weighted by molar-refractivity contribution is 14.1. The van der Waals surface area contributed by atoms with Crippen LogP contribution in [0.2, 0.25) is 0 Å². The van der Waals surface area contributed by atoms with Crippen LogP contribution in [0.4, 0.5) is 0 Å². The lowest BCUT2D eigenvalue weighted by Gasteiger charge is -2.51. The lowest BCUT2D eigenvalue weighted by molar-refractivity contribution is -0.128. The van der Waals surface area contributed by atoms with Crippen molar-refractivity contribution in [1.82, 2.24) is 0 Å². The topological polar surface area (TPSA) is 34.1 Å². The van der Waals surface area contributed by atoms with Gasteiger partial charge in [-0.1, -0.05) is 42.0 Å². The number of carbonyl (C=O) groups is 2. The summed E-state index contributed by atoms with van der Waals surface area (Å²) in [7, 11) is 0. The third-order valence-electron chi connectivity index (χ3n) is 7.04. The number of carbonyl (C=O) groups excluding carboxylic acids is 2. The molecule has 0 spiro atoms. The molecule has 0 N–H and O–H groups in total. The van der Waals surface area contributed by atoms with Crippen molar-refractivity contribution in [3.8, 4) is 0 Å². The number of alkyl halides is 1. The number of ketones is 2. The number of rotatable bonds is 1. The molecule has 2 saturated carbocycles. The zero-order valence-corrected chi connectivity index (χ0v) is 16.2. The standard InChI is InChI=1S/C20H25IO2/c1-11(21)16-10-20(2)17(7-8-18(20)23)15-5-3-12-9-13(22)4-6-14(12)19(15)16/h9,11,15-17H,3-8,10H2,1-2H3/t11?,15-,16+,17-,20-/m0/s1. The predicted octanol–water partition coefficient (Wildman–Crippen LogP) is 4.81. The Morgan fingerprint density at radius 2 is 1.96 bits per heavy atom. The highest BCUT2D eigenvalue weighted by Crippen LogP contribution is 2.61. The smallest absolute Gasteiger partial charge is 0.156 e. The average Bonchev–Trinajstić information content (AvgIpc) is 2.81. The van der Waals surface area contributed by atoms with Gasteiger partial charge in [-0.25, -0.2) is 0 Å². The van der Waals surface area contributed by atoms with Crippen LogP contribution in [0, 0.1) is 23.2 Å². The van der Waals surface area contributed by atoms with Gasteiger partial charge in [0.25, 0.3) is 0 Å². The molecule has 0 aromatic heterocycles. The van der Waals surface area contributed by atoms with Crippen LogP contribution in [0.5, 0.6) is 0 Å². The second-order valence-corrected chi connectivity index (χ2v) is 10.2. The Bertz CT molecular complexity index is 642. The van der Waals surface area contributed by atoms with Crippen molar-refractivity contribution >= 4 is 34.2 Å². The summed E-state index contributed by atoms with van der Waals surface area (Å²) in [5.74, 6) is 2.45. The molecular weight excluding hydrogens is 399 g/mol. The molecule has 124 valence electrons. The van der Waals surface area contributed by atoms with Gasteiger partial charge in [-0.3, -0.25) is 9.59 Å². The molecule has 0 amide bonds. The van der Waals surface area contributed by atoms with Crippen molar-refractivity contribution in [3.63, 3.8) is 0 Å². The number of fused-ring (bicyclic) bond motifs is 4. The Hall–Kier alpha value is -0.450. The second kappa shape index (κ2) is 5.53. The van der Waals surface area contributed by atoms with Crippen molar-refractivity contribution in [3.05, 3.63) is 22.8 Å². The van der Waals surface area contributed by atoms with E-state index >= 15 is 0 Å². The number of hydrogen-bond acceptors (Lipinski definition) is 2. The first kappa shape index (κ1) is 16.0. The van der Waals surface area contributed by atoms with E-state index in [4.69, 9.17) is 0 Å². The van der Waals surface area contributed by atoms with Gasteiger partial charge >= 0.3 is 0 Å². The van der Waals surface area contributed by atoms with Crippen molar-refractivity contribution in [1.29, 1.82) is 0 Å². The van der Waals surface area contributed by atoms with Crippen LogP contribution in [-0.2, 0) is 9.59 Å². The first-order valence-electron chi connectivity index (χ1n) is 9.06. The highest BCUT2D eigenvalue weighted by Gasteiger charge is 2.56. The van der Waals surface area contributed by atoms with Gasteiger partial charge in [-0.05, 0) is 67.1 Å². The molecular formula is C20H25IO2. The number of Topliss-reactive ketones (excluding diaryl/α,β-unsaturated/α-hetero) is 1. The van der Waals surface area contributed by atoms with Gasteiger partial charge in [0, 0.05) is 22.2 Å². The Balaban J connectivity index is 1.85. The summed E-state index contributed by atoms with van der Waals surface area (Å²) in [5.41, 5.74) is 4.39. The predicted molar refractivity (Wildman–Crippen MR) is 99.5 cm³/mol. The van der Waals surface area contributed by atoms with E-state index in [1.54, 1.807) is 5.57 Å². The summed E-state index contributed by atoms with van der Waals surface area (Å²) < 4.78 is 0.542. The van der Waals surface area contributed by atoms with E-state index < -0.39 is 0 Å². The fourth-order valence-corrected chi connectivity index (χ4v) is 6.55. The van der Waals surface area contributed by atoms with E-state index in [1.165, 1.54) is 11.1 Å². The molecule has 1 unspecified atom stereocenters. The lowest BCUT2D eigenvalue weighted by Crippen LogP contribution is -2.46. The van der Waals surface area contributed by atoms with Crippen LogP contribution in [0.3, 0.4) is 0 Å². The van der Waals surface area contributed by atoms with Crippen LogP contribution < -0.4 is 0 Å². The van der Waals surface area contributed by atoms with E-state index in [-0.39, 0.29) is 5.41 Å². The molecule has 0 saturated heterocycles. The molecule has 0 heterocycles. The Morgan fingerprint density at radius 3 is 2.70 bits per heavy atom. The maximum atomic E-state index is 12.6. The molecule has 23 heavy (non-hydrogen) atoms. The molecule has 3 heteroatoms. The Morgan fingerprint density at radius 1 is 1.17 bits per heavy atom. The zero-order chi connectivity index (χ0) is 16.4. The molecule has 0 aliphatic heterocycles. The number of allylic oxidation sites excluding steroid dienone is 4. The van der Waals surface area contributed by atoms with Crippen molar-refractivity contribution in [2.24, 2.45) is 23.2 Å². The van der Waals surface area contributed by atoms with Crippen LogP contribution in [0.25, 0.3) is 0 Å². The summed E-state index contributed by atoms with van der Waals surface area (Å²) >= 11 is 2.55. The van der Waals surface area contributed by atoms with Crippen molar-refractivity contribution in [2.75, 3.05) is 0 Å². The summed E-state index contributed by atoms with van der Waals surface area (Å²) in [4.78, 5) is 24.4. The summed E-state index contributed by atoms with van der Waals surface area (Å²) in [6.45, 7) is 4.54. The second-order valence-electron chi connectivity index (χ2n) is 8.19. The molecule has 4 aliphatic carbocycles. The summed E-state index contributed by atoms with van der Waals surface area (Å²) in [6, 6.07) is 0. The van der Waals surface area contributed by atoms with E-state index in [2.05, 4.69) is 36.4 Å². The van der Waals surface area contributed by atoms with Gasteiger partial charge in [-0.2, -0.15) is 0 Å². The van der Waals surface area contributed by atoms with Crippen molar-refractivity contribution in [2.45, 2.75) is 62.7 Å². The molecule has 0 radical (unpaired) electrons. The monoisotopic (exact) mass is 424 g/mol.